The van der Waals surface area contributed by atoms with Gasteiger partial charge in [-0.15, -0.1) is 0 Å². The zero-order valence-corrected chi connectivity index (χ0v) is 26.1. The van der Waals surface area contributed by atoms with Gasteiger partial charge < -0.3 is 10.1 Å². The van der Waals surface area contributed by atoms with Crippen LogP contribution >= 0.6 is 46.3 Å². The molecule has 3 atom stereocenters. The topological polar surface area (TPSA) is 115 Å². The Bertz CT molecular complexity index is 1840. The molecular weight excluding hydrogens is 645 g/mol. The number of nitrogens with one attached hydrogen (secondary N) is 1. The highest BCUT2D eigenvalue weighted by Crippen LogP contribution is 2.54. The van der Waals surface area contributed by atoms with Gasteiger partial charge >= 0.3 is 10.8 Å². The Labute approximate surface area is 269 Å². The third-order valence-electron chi connectivity index (χ3n) is 7.34. The molecule has 13 heteroatoms. The standard InChI is InChI=1S/C31H23Cl2N3O6S2/c1-2-42-30(40)17-5-11-20(12-6-17)34-22(37)15-35-29-26(44-31(35)41)23(16-3-7-18(32)8-4-16)24-25(43-29)28(39)36(27(24)38)21-13-9-19(33)10-14-21/h3-14,23-25H,2,15H2,1H3,(H,34,37)/t23-,24-,25+/m0/s1. The molecule has 0 saturated carbocycles. The molecule has 6 rings (SSSR count). The summed E-state index contributed by atoms with van der Waals surface area (Å²) >= 11 is 14.3. The number of halogens is 2. The molecule has 1 fully saturated rings. The first-order valence-electron chi connectivity index (χ1n) is 13.5. The minimum atomic E-state index is -0.829. The fourth-order valence-corrected chi connectivity index (χ4v) is 8.40. The highest BCUT2D eigenvalue weighted by molar-refractivity contribution is 8.00. The van der Waals surface area contributed by atoms with Crippen LogP contribution in [0.1, 0.15) is 33.6 Å². The molecule has 1 aromatic heterocycles. The number of hydrogen-bond donors (Lipinski definition) is 1. The predicted octanol–water partition coefficient (Wildman–Crippen LogP) is 5.83. The number of rotatable bonds is 7. The number of aromatic nitrogens is 1. The Balaban J connectivity index is 1.33. The highest BCUT2D eigenvalue weighted by Gasteiger charge is 2.56. The minimum Gasteiger partial charge on any atom is -0.462 e. The van der Waals surface area contributed by atoms with Gasteiger partial charge in [-0.25, -0.2) is 9.69 Å². The number of benzene rings is 3. The van der Waals surface area contributed by atoms with Crippen LogP contribution in [-0.4, -0.2) is 40.1 Å². The average molecular weight is 669 g/mol. The summed E-state index contributed by atoms with van der Waals surface area (Å²) in [5, 5.41) is 3.36. The summed E-state index contributed by atoms with van der Waals surface area (Å²) in [6.45, 7) is 1.64. The zero-order valence-electron chi connectivity index (χ0n) is 23.0. The van der Waals surface area contributed by atoms with Crippen molar-refractivity contribution in [3.8, 4) is 0 Å². The molecule has 1 N–H and O–H groups in total. The number of thioether (sulfide) groups is 1. The van der Waals surface area contributed by atoms with Gasteiger partial charge in [-0.1, -0.05) is 58.4 Å². The van der Waals surface area contributed by atoms with E-state index in [2.05, 4.69) is 5.32 Å². The van der Waals surface area contributed by atoms with Crippen molar-refractivity contribution < 1.29 is 23.9 Å². The van der Waals surface area contributed by atoms with Crippen LogP contribution in [0.2, 0.25) is 10.0 Å². The lowest BCUT2D eigenvalue weighted by atomic mass is 9.83. The van der Waals surface area contributed by atoms with Crippen molar-refractivity contribution in [3.05, 3.63) is 109 Å². The Morgan fingerprint density at radius 3 is 2.16 bits per heavy atom. The molecule has 9 nitrogen and oxygen atoms in total. The van der Waals surface area contributed by atoms with Crippen LogP contribution in [0.15, 0.2) is 82.6 Å². The Morgan fingerprint density at radius 1 is 0.886 bits per heavy atom. The number of nitrogens with zero attached hydrogens (tertiary/aromatic N) is 2. The Hall–Kier alpha value is -3.90. The number of fused-ring (bicyclic) bond motifs is 2. The van der Waals surface area contributed by atoms with Gasteiger partial charge in [-0.3, -0.25) is 23.7 Å². The molecular formula is C31H23Cl2N3O6S2. The molecule has 2 aliphatic rings. The summed E-state index contributed by atoms with van der Waals surface area (Å²) < 4.78 is 6.33. The molecule has 44 heavy (non-hydrogen) atoms. The monoisotopic (exact) mass is 667 g/mol. The maximum atomic E-state index is 13.9. The SMILES string of the molecule is CCOC(=O)c1ccc(NC(=O)Cn2c3c(sc2=O)[C@@H](c2ccc(Cl)cc2)[C@@H]2C(=O)N(c4ccc(Cl)cc4)C(=O)[C@@H]2S3)cc1. The molecule has 3 aromatic carbocycles. The molecule has 0 radical (unpaired) electrons. The Morgan fingerprint density at radius 2 is 1.52 bits per heavy atom. The lowest BCUT2D eigenvalue weighted by molar-refractivity contribution is -0.122. The molecule has 0 aliphatic carbocycles. The minimum absolute atomic E-state index is 0.244. The summed E-state index contributed by atoms with van der Waals surface area (Å²) in [6, 6.07) is 19.6. The van der Waals surface area contributed by atoms with Crippen molar-refractivity contribution >= 4 is 81.4 Å². The molecule has 3 amide bonds. The summed E-state index contributed by atoms with van der Waals surface area (Å²) in [7, 11) is 0. The summed E-state index contributed by atoms with van der Waals surface area (Å²) in [5.74, 6) is -3.12. The van der Waals surface area contributed by atoms with Crippen molar-refractivity contribution in [2.75, 3.05) is 16.8 Å². The smallest absolute Gasteiger partial charge is 0.338 e. The van der Waals surface area contributed by atoms with Gasteiger partial charge in [-0.05, 0) is 73.2 Å². The van der Waals surface area contributed by atoms with Gasteiger partial charge in [0.25, 0.3) is 0 Å². The number of thiazole rings is 1. The van der Waals surface area contributed by atoms with E-state index in [1.54, 1.807) is 67.6 Å². The van der Waals surface area contributed by atoms with Crippen molar-refractivity contribution in [1.29, 1.82) is 0 Å². The first-order chi connectivity index (χ1) is 21.2. The van der Waals surface area contributed by atoms with Crippen LogP contribution in [0, 0.1) is 5.92 Å². The lowest BCUT2D eigenvalue weighted by Gasteiger charge is -2.30. The van der Waals surface area contributed by atoms with E-state index < -0.39 is 34.9 Å². The molecule has 0 unspecified atom stereocenters. The number of ether oxygens (including phenoxy) is 1. The van der Waals surface area contributed by atoms with Gasteiger partial charge in [0.2, 0.25) is 17.7 Å². The number of amides is 3. The number of carbonyl (C=O) groups excluding carboxylic acids is 4. The van der Waals surface area contributed by atoms with Crippen molar-refractivity contribution in [3.63, 3.8) is 0 Å². The second kappa shape index (κ2) is 12.2. The summed E-state index contributed by atoms with van der Waals surface area (Å²) in [4.78, 5) is 67.5. The van der Waals surface area contributed by atoms with Crippen LogP contribution in [0.4, 0.5) is 11.4 Å². The van der Waals surface area contributed by atoms with E-state index in [-0.39, 0.29) is 23.9 Å². The first kappa shape index (κ1) is 30.1. The van der Waals surface area contributed by atoms with Crippen LogP contribution in [-0.2, 0) is 25.7 Å². The van der Waals surface area contributed by atoms with Crippen LogP contribution < -0.4 is 15.1 Å². The zero-order chi connectivity index (χ0) is 31.1. The normalized spacial score (nSPS) is 19.0. The maximum absolute atomic E-state index is 13.9. The predicted molar refractivity (Wildman–Crippen MR) is 170 cm³/mol. The number of carbonyl (C=O) groups is 4. The molecule has 0 spiro atoms. The number of anilines is 2. The number of imide groups is 1. The van der Waals surface area contributed by atoms with Crippen molar-refractivity contribution in [2.24, 2.45) is 5.92 Å². The van der Waals surface area contributed by atoms with Gasteiger partial charge in [0, 0.05) is 26.5 Å². The summed E-state index contributed by atoms with van der Waals surface area (Å²) in [6.07, 6.45) is 0. The lowest BCUT2D eigenvalue weighted by Crippen LogP contribution is -2.33. The Kier molecular flexibility index (Phi) is 8.38. The number of hydrogen-bond acceptors (Lipinski definition) is 8. The second-order valence-corrected chi connectivity index (χ2v) is 13.0. The van der Waals surface area contributed by atoms with Crippen molar-refractivity contribution in [2.45, 2.75) is 29.7 Å². The molecule has 2 aliphatic heterocycles. The molecule has 224 valence electrons. The number of esters is 1. The largest absolute Gasteiger partial charge is 0.462 e. The van der Waals surface area contributed by atoms with E-state index in [4.69, 9.17) is 27.9 Å². The van der Waals surface area contributed by atoms with Gasteiger partial charge in [0.15, 0.2) is 0 Å². The van der Waals surface area contributed by atoms with E-state index in [9.17, 15) is 24.0 Å². The second-order valence-electron chi connectivity index (χ2n) is 10.1. The highest BCUT2D eigenvalue weighted by atomic mass is 35.5. The third kappa shape index (κ3) is 5.56. The fraction of sp³-hybridized carbons (Fsp3) is 0.194. The van der Waals surface area contributed by atoms with Gasteiger partial charge in [-0.2, -0.15) is 0 Å². The van der Waals surface area contributed by atoms with E-state index in [1.807, 2.05) is 0 Å². The quantitative estimate of drug-likeness (QED) is 0.195. The maximum Gasteiger partial charge on any atom is 0.338 e. The fourth-order valence-electron chi connectivity index (χ4n) is 5.38. The van der Waals surface area contributed by atoms with Crippen molar-refractivity contribution in [1.82, 2.24) is 4.57 Å². The van der Waals surface area contributed by atoms with Crippen LogP contribution in [0.5, 0.6) is 0 Å². The van der Waals surface area contributed by atoms with Crippen LogP contribution in [0.3, 0.4) is 0 Å². The van der Waals surface area contributed by atoms with Gasteiger partial charge in [0.1, 0.15) is 11.8 Å². The molecule has 3 heterocycles. The van der Waals surface area contributed by atoms with Crippen LogP contribution in [0.25, 0.3) is 0 Å². The van der Waals surface area contributed by atoms with E-state index in [1.165, 1.54) is 21.6 Å². The molecule has 4 aromatic rings. The van der Waals surface area contributed by atoms with E-state index in [0.29, 0.717) is 36.9 Å². The first-order valence-corrected chi connectivity index (χ1v) is 16.0. The molecule has 0 bridgehead atoms. The van der Waals surface area contributed by atoms with Gasteiger partial charge in [0.05, 0.1) is 28.8 Å². The third-order valence-corrected chi connectivity index (χ3v) is 10.5. The average Bonchev–Trinajstić information content (AvgIpc) is 3.45. The van der Waals surface area contributed by atoms with E-state index >= 15 is 0 Å². The van der Waals surface area contributed by atoms with E-state index in [0.717, 1.165) is 28.7 Å². The summed E-state index contributed by atoms with van der Waals surface area (Å²) in [5.41, 5.74) is 1.91. The molecule has 1 saturated heterocycles.